The van der Waals surface area contributed by atoms with E-state index in [1.807, 2.05) is 0 Å². The number of nitrogens with zero attached hydrogens (tertiary/aromatic N) is 3. The van der Waals surface area contributed by atoms with Crippen molar-refractivity contribution in [1.29, 1.82) is 0 Å². The third kappa shape index (κ3) is 3.67. The van der Waals surface area contributed by atoms with Crippen LogP contribution in [0.1, 0.15) is 17.0 Å². The Morgan fingerprint density at radius 3 is 2.50 bits per heavy atom. The first-order chi connectivity index (χ1) is 8.55. The molecule has 0 atom stereocenters. The van der Waals surface area contributed by atoms with Crippen molar-refractivity contribution < 1.29 is 4.48 Å². The van der Waals surface area contributed by atoms with E-state index in [9.17, 15) is 0 Å². The summed E-state index contributed by atoms with van der Waals surface area (Å²) in [5, 5.41) is 6.81. The molecule has 0 aliphatic rings. The second-order valence-electron chi connectivity index (χ2n) is 5.49. The van der Waals surface area contributed by atoms with Crippen LogP contribution in [-0.2, 0) is 13.0 Å². The summed E-state index contributed by atoms with van der Waals surface area (Å²) in [4.78, 5) is 4.19. The van der Waals surface area contributed by atoms with E-state index in [1.165, 1.54) is 11.1 Å². The molecule has 0 bridgehead atoms. The van der Waals surface area contributed by atoms with Crippen LogP contribution in [0.4, 0.5) is 0 Å². The Hall–Kier alpha value is -1.68. The summed E-state index contributed by atoms with van der Waals surface area (Å²) in [6.07, 6.45) is 2.65. The fraction of sp³-hybridized carbons (Fsp3) is 0.429. The van der Waals surface area contributed by atoms with Gasteiger partial charge >= 0.3 is 0 Å². The van der Waals surface area contributed by atoms with E-state index in [0.717, 1.165) is 29.8 Å². The van der Waals surface area contributed by atoms with Crippen molar-refractivity contribution in [2.75, 3.05) is 20.6 Å². The number of hydrogen-bond donors (Lipinski definition) is 1. The maximum absolute atomic E-state index is 4.19. The highest BCUT2D eigenvalue weighted by molar-refractivity contribution is 5.21. The number of benzene rings is 1. The molecule has 0 saturated heterocycles. The van der Waals surface area contributed by atoms with Gasteiger partial charge in [-0.2, -0.15) is 5.10 Å². The summed E-state index contributed by atoms with van der Waals surface area (Å²) in [6.45, 7) is 4.09. The molecule has 2 aromatic rings. The summed E-state index contributed by atoms with van der Waals surface area (Å²) < 4.78 is 0.906. The smallest absolute Gasteiger partial charge is 0.179 e. The van der Waals surface area contributed by atoms with Gasteiger partial charge in [0.25, 0.3) is 0 Å². The van der Waals surface area contributed by atoms with Gasteiger partial charge in [0.1, 0.15) is 12.9 Å². The van der Waals surface area contributed by atoms with E-state index in [1.54, 1.807) is 6.33 Å². The van der Waals surface area contributed by atoms with Crippen molar-refractivity contribution in [2.24, 2.45) is 0 Å². The molecule has 0 saturated carbocycles. The quantitative estimate of drug-likeness (QED) is 0.818. The molecule has 2 rings (SSSR count). The van der Waals surface area contributed by atoms with Crippen molar-refractivity contribution in [1.82, 2.24) is 15.2 Å². The summed E-state index contributed by atoms with van der Waals surface area (Å²) >= 11 is 0. The Labute approximate surface area is 108 Å². The SMILES string of the molecule is Cc1ccc(CC[N+](C)(C)Cc2ncn[nH]2)cc1. The molecule has 0 aliphatic heterocycles. The number of nitrogens with one attached hydrogen (secondary N) is 1. The molecule has 4 nitrogen and oxygen atoms in total. The van der Waals surface area contributed by atoms with E-state index in [0.29, 0.717) is 0 Å². The van der Waals surface area contributed by atoms with Crippen LogP contribution in [0.3, 0.4) is 0 Å². The molecule has 1 aromatic carbocycles. The molecule has 0 unspecified atom stereocenters. The van der Waals surface area contributed by atoms with E-state index in [2.05, 4.69) is 60.5 Å². The molecule has 0 amide bonds. The normalized spacial score (nSPS) is 11.7. The Bertz CT molecular complexity index is 471. The lowest BCUT2D eigenvalue weighted by Crippen LogP contribution is -2.40. The van der Waals surface area contributed by atoms with Gasteiger partial charge < -0.3 is 4.48 Å². The van der Waals surface area contributed by atoms with Crippen molar-refractivity contribution in [3.05, 3.63) is 47.5 Å². The highest BCUT2D eigenvalue weighted by atomic mass is 15.3. The average molecular weight is 245 g/mol. The van der Waals surface area contributed by atoms with Gasteiger partial charge in [0.2, 0.25) is 0 Å². The fourth-order valence-corrected chi connectivity index (χ4v) is 1.98. The molecule has 1 aromatic heterocycles. The molecule has 1 heterocycles. The van der Waals surface area contributed by atoms with Gasteiger partial charge in [0, 0.05) is 6.42 Å². The Morgan fingerprint density at radius 1 is 1.17 bits per heavy atom. The Morgan fingerprint density at radius 2 is 1.89 bits per heavy atom. The predicted octanol–water partition coefficient (Wildman–Crippen LogP) is 1.93. The number of hydrogen-bond acceptors (Lipinski definition) is 2. The number of likely N-dealkylation sites (N-methyl/N-ethyl adjacent to an activating group) is 1. The number of H-pyrrole nitrogens is 1. The maximum atomic E-state index is 4.19. The summed E-state index contributed by atoms with van der Waals surface area (Å²) in [6, 6.07) is 8.77. The third-order valence-electron chi connectivity index (χ3n) is 3.17. The molecule has 18 heavy (non-hydrogen) atoms. The minimum absolute atomic E-state index is 0.881. The third-order valence-corrected chi connectivity index (χ3v) is 3.17. The number of rotatable bonds is 5. The first-order valence-corrected chi connectivity index (χ1v) is 6.27. The Kier molecular flexibility index (Phi) is 3.77. The predicted molar refractivity (Wildman–Crippen MR) is 71.9 cm³/mol. The zero-order chi connectivity index (χ0) is 13.0. The van der Waals surface area contributed by atoms with Gasteiger partial charge in [0.05, 0.1) is 20.6 Å². The molecule has 0 radical (unpaired) electrons. The molecule has 0 fully saturated rings. The number of aryl methyl sites for hydroxylation is 1. The lowest BCUT2D eigenvalue weighted by molar-refractivity contribution is -0.904. The fourth-order valence-electron chi connectivity index (χ4n) is 1.98. The minimum atomic E-state index is 0.881. The van der Waals surface area contributed by atoms with Crippen LogP contribution >= 0.6 is 0 Å². The van der Waals surface area contributed by atoms with E-state index >= 15 is 0 Å². The van der Waals surface area contributed by atoms with E-state index in [-0.39, 0.29) is 0 Å². The standard InChI is InChI=1S/C14H21N4/c1-12-4-6-13(7-5-12)8-9-18(2,3)10-14-15-11-16-17-14/h4-7,11H,8-10H2,1-3H3,(H,15,16,17)/q+1. The van der Waals surface area contributed by atoms with Crippen LogP contribution in [0.15, 0.2) is 30.6 Å². The number of aromatic amines is 1. The monoisotopic (exact) mass is 245 g/mol. The first-order valence-electron chi connectivity index (χ1n) is 6.27. The van der Waals surface area contributed by atoms with Gasteiger partial charge in [-0.15, -0.1) is 0 Å². The van der Waals surface area contributed by atoms with E-state index in [4.69, 9.17) is 0 Å². The topological polar surface area (TPSA) is 41.6 Å². The molecular weight excluding hydrogens is 224 g/mol. The van der Waals surface area contributed by atoms with Gasteiger partial charge in [-0.1, -0.05) is 29.8 Å². The van der Waals surface area contributed by atoms with Crippen LogP contribution < -0.4 is 0 Å². The van der Waals surface area contributed by atoms with Crippen molar-refractivity contribution in [2.45, 2.75) is 19.9 Å². The summed E-state index contributed by atoms with van der Waals surface area (Å²) in [7, 11) is 4.44. The summed E-state index contributed by atoms with van der Waals surface area (Å²) in [5.74, 6) is 0.948. The second kappa shape index (κ2) is 5.31. The van der Waals surface area contributed by atoms with Gasteiger partial charge in [-0.25, -0.2) is 4.98 Å². The van der Waals surface area contributed by atoms with Crippen LogP contribution in [0.25, 0.3) is 0 Å². The van der Waals surface area contributed by atoms with Crippen LogP contribution in [-0.4, -0.2) is 40.3 Å². The zero-order valence-electron chi connectivity index (χ0n) is 11.3. The molecule has 0 spiro atoms. The Balaban J connectivity index is 1.90. The zero-order valence-corrected chi connectivity index (χ0v) is 11.3. The maximum Gasteiger partial charge on any atom is 0.179 e. The molecule has 1 N–H and O–H groups in total. The van der Waals surface area contributed by atoms with Crippen molar-refractivity contribution >= 4 is 0 Å². The second-order valence-corrected chi connectivity index (χ2v) is 5.49. The highest BCUT2D eigenvalue weighted by Crippen LogP contribution is 2.09. The van der Waals surface area contributed by atoms with Crippen LogP contribution in [0.5, 0.6) is 0 Å². The van der Waals surface area contributed by atoms with Gasteiger partial charge in [-0.3, -0.25) is 5.10 Å². The largest absolute Gasteiger partial charge is 0.322 e. The molecule has 0 aliphatic carbocycles. The summed E-state index contributed by atoms with van der Waals surface area (Å²) in [5.41, 5.74) is 2.71. The number of quaternary nitrogens is 1. The highest BCUT2D eigenvalue weighted by Gasteiger charge is 2.17. The minimum Gasteiger partial charge on any atom is -0.322 e. The lowest BCUT2D eigenvalue weighted by atomic mass is 10.1. The van der Waals surface area contributed by atoms with E-state index < -0.39 is 0 Å². The molecular formula is C14H21N4+. The number of aromatic nitrogens is 3. The van der Waals surface area contributed by atoms with Crippen LogP contribution in [0, 0.1) is 6.92 Å². The molecule has 4 heteroatoms. The average Bonchev–Trinajstić information content (AvgIpc) is 2.80. The van der Waals surface area contributed by atoms with Gasteiger partial charge in [0.15, 0.2) is 5.82 Å². The van der Waals surface area contributed by atoms with Crippen molar-refractivity contribution in [3.63, 3.8) is 0 Å². The van der Waals surface area contributed by atoms with Crippen molar-refractivity contribution in [3.8, 4) is 0 Å². The molecule has 96 valence electrons. The van der Waals surface area contributed by atoms with Crippen LogP contribution in [0.2, 0.25) is 0 Å². The van der Waals surface area contributed by atoms with Gasteiger partial charge in [-0.05, 0) is 12.5 Å². The lowest BCUT2D eigenvalue weighted by Gasteiger charge is -2.28. The first kappa shape index (κ1) is 12.8.